The fourth-order valence-electron chi connectivity index (χ4n) is 3.88. The van der Waals surface area contributed by atoms with Crippen molar-refractivity contribution in [2.45, 2.75) is 5.60 Å². The van der Waals surface area contributed by atoms with Crippen molar-refractivity contribution in [3.63, 3.8) is 0 Å². The van der Waals surface area contributed by atoms with Crippen LogP contribution in [-0.2, 0) is 10.3 Å². The molecule has 6 nitrogen and oxygen atoms in total. The summed E-state index contributed by atoms with van der Waals surface area (Å²) in [7, 11) is 9.75. The van der Waals surface area contributed by atoms with Crippen molar-refractivity contribution in [3.05, 3.63) is 77.4 Å². The van der Waals surface area contributed by atoms with Crippen molar-refractivity contribution in [1.82, 2.24) is 0 Å². The van der Waals surface area contributed by atoms with Crippen molar-refractivity contribution in [1.29, 1.82) is 0 Å². The van der Waals surface area contributed by atoms with Crippen LogP contribution in [0.3, 0.4) is 0 Å². The molecule has 0 amide bonds. The quantitative estimate of drug-likeness (QED) is 0.466. The number of para-hydroxylation sites is 1. The van der Waals surface area contributed by atoms with Crippen LogP contribution in [0.1, 0.15) is 16.7 Å². The third kappa shape index (κ3) is 3.86. The van der Waals surface area contributed by atoms with Gasteiger partial charge in [-0.2, -0.15) is 0 Å². The van der Waals surface area contributed by atoms with Crippen LogP contribution >= 0.6 is 0 Å². The topological polar surface area (TPSA) is 55.4 Å². The van der Waals surface area contributed by atoms with E-state index in [-0.39, 0.29) is 0 Å². The lowest BCUT2D eigenvalue weighted by Gasteiger charge is -2.37. The molecule has 0 atom stereocenters. The first-order chi connectivity index (χ1) is 15.1. The lowest BCUT2D eigenvalue weighted by Crippen LogP contribution is -2.33. The second kappa shape index (κ2) is 9.62. The summed E-state index contributed by atoms with van der Waals surface area (Å²) in [6, 6.07) is 19.0. The van der Waals surface area contributed by atoms with E-state index in [1.54, 1.807) is 42.7 Å². The highest BCUT2D eigenvalue weighted by atomic mass is 16.5. The molecule has 0 bridgehead atoms. The maximum absolute atomic E-state index is 6.35. The average molecular weight is 424 g/mol. The number of rotatable bonds is 9. The highest BCUT2D eigenvalue weighted by molar-refractivity contribution is 5.61. The van der Waals surface area contributed by atoms with Gasteiger partial charge in [-0.25, -0.2) is 0 Å². The summed E-state index contributed by atoms with van der Waals surface area (Å²) in [5, 5.41) is 0. The number of hydrogen-bond donors (Lipinski definition) is 0. The van der Waals surface area contributed by atoms with E-state index >= 15 is 0 Å². The van der Waals surface area contributed by atoms with Crippen LogP contribution in [-0.4, -0.2) is 42.7 Å². The van der Waals surface area contributed by atoms with E-state index in [1.807, 2.05) is 60.7 Å². The maximum atomic E-state index is 6.35. The van der Waals surface area contributed by atoms with Crippen LogP contribution in [0, 0.1) is 0 Å². The molecule has 0 aliphatic carbocycles. The number of hydrogen-bond acceptors (Lipinski definition) is 6. The third-order valence-electron chi connectivity index (χ3n) is 5.37. The van der Waals surface area contributed by atoms with Gasteiger partial charge in [-0.05, 0) is 30.3 Å². The summed E-state index contributed by atoms with van der Waals surface area (Å²) < 4.78 is 34.4. The molecule has 0 unspecified atom stereocenters. The monoisotopic (exact) mass is 424 g/mol. The minimum atomic E-state index is -1.11. The molecule has 31 heavy (non-hydrogen) atoms. The Kier molecular flexibility index (Phi) is 6.92. The SMILES string of the molecule is COc1ccc(C(OC)(c2ccccc2OC)c2ccc(OC)cc2OC)c(OC)c1. The Morgan fingerprint density at radius 2 is 0.935 bits per heavy atom. The van der Waals surface area contributed by atoms with Crippen molar-refractivity contribution < 1.29 is 28.4 Å². The molecule has 0 aliphatic heterocycles. The number of benzene rings is 3. The van der Waals surface area contributed by atoms with Gasteiger partial charge in [0.15, 0.2) is 5.60 Å². The zero-order valence-electron chi connectivity index (χ0n) is 18.7. The number of methoxy groups -OCH3 is 6. The van der Waals surface area contributed by atoms with Gasteiger partial charge in [0, 0.05) is 35.9 Å². The molecule has 0 saturated heterocycles. The summed E-state index contributed by atoms with van der Waals surface area (Å²) >= 11 is 0. The molecule has 6 heteroatoms. The predicted molar refractivity (Wildman–Crippen MR) is 119 cm³/mol. The zero-order valence-corrected chi connectivity index (χ0v) is 18.7. The average Bonchev–Trinajstić information content (AvgIpc) is 2.85. The Balaban J connectivity index is 2.46. The molecule has 164 valence electrons. The molecule has 0 spiro atoms. The van der Waals surface area contributed by atoms with E-state index in [0.717, 1.165) is 16.7 Å². The first-order valence-corrected chi connectivity index (χ1v) is 9.73. The van der Waals surface area contributed by atoms with E-state index in [0.29, 0.717) is 28.7 Å². The molecule has 0 aromatic heterocycles. The van der Waals surface area contributed by atoms with Gasteiger partial charge in [0.2, 0.25) is 0 Å². The van der Waals surface area contributed by atoms with E-state index in [1.165, 1.54) is 0 Å². The van der Waals surface area contributed by atoms with Crippen molar-refractivity contribution in [2.75, 3.05) is 42.7 Å². The second-order valence-electron chi connectivity index (χ2n) is 6.72. The molecule has 0 aliphatic rings. The zero-order chi connectivity index (χ0) is 22.4. The van der Waals surface area contributed by atoms with Gasteiger partial charge in [0.1, 0.15) is 28.7 Å². The summed E-state index contributed by atoms with van der Waals surface area (Å²) in [5.41, 5.74) is 1.23. The molecule has 0 fully saturated rings. The van der Waals surface area contributed by atoms with Gasteiger partial charge in [0.05, 0.1) is 35.5 Å². The summed E-state index contributed by atoms with van der Waals surface area (Å²) in [5.74, 6) is 3.22. The first kappa shape index (κ1) is 22.3. The molecule has 0 heterocycles. The standard InChI is InChI=1S/C25H28O6/c1-26-17-11-13-20(23(15-17)29-4)25(31-6,19-9-7-8-10-22(19)28-3)21-14-12-18(27-2)16-24(21)30-5/h7-16H,1-6H3. The molecular weight excluding hydrogens is 396 g/mol. The van der Waals surface area contributed by atoms with Gasteiger partial charge >= 0.3 is 0 Å². The van der Waals surface area contributed by atoms with Crippen LogP contribution in [0.15, 0.2) is 60.7 Å². The third-order valence-corrected chi connectivity index (χ3v) is 5.37. The predicted octanol–water partition coefficient (Wildman–Crippen LogP) is 4.67. The largest absolute Gasteiger partial charge is 0.497 e. The van der Waals surface area contributed by atoms with Gasteiger partial charge in [-0.1, -0.05) is 18.2 Å². The molecule has 0 radical (unpaired) electrons. The van der Waals surface area contributed by atoms with Gasteiger partial charge < -0.3 is 28.4 Å². The molecule has 0 N–H and O–H groups in total. The smallest absolute Gasteiger partial charge is 0.154 e. The fraction of sp³-hybridized carbons (Fsp3) is 0.280. The molecule has 3 rings (SSSR count). The second-order valence-corrected chi connectivity index (χ2v) is 6.72. The van der Waals surface area contributed by atoms with Gasteiger partial charge in [-0.15, -0.1) is 0 Å². The molecule has 3 aromatic carbocycles. The Bertz CT molecular complexity index is 975. The molecule has 0 saturated carbocycles. The van der Waals surface area contributed by atoms with E-state index < -0.39 is 5.60 Å². The normalized spacial score (nSPS) is 11.0. The minimum Gasteiger partial charge on any atom is -0.497 e. The Morgan fingerprint density at radius 1 is 0.484 bits per heavy atom. The van der Waals surface area contributed by atoms with Crippen LogP contribution in [0.4, 0.5) is 0 Å². The molecular formula is C25H28O6. The lowest BCUT2D eigenvalue weighted by molar-refractivity contribution is 0.0519. The Hall–Kier alpha value is -3.38. The molecule has 3 aromatic rings. The van der Waals surface area contributed by atoms with Crippen LogP contribution < -0.4 is 23.7 Å². The summed E-state index contributed by atoms with van der Waals surface area (Å²) in [6.07, 6.45) is 0. The summed E-state index contributed by atoms with van der Waals surface area (Å²) in [4.78, 5) is 0. The van der Waals surface area contributed by atoms with Crippen molar-refractivity contribution >= 4 is 0 Å². The highest BCUT2D eigenvalue weighted by Crippen LogP contribution is 2.50. The number of ether oxygens (including phenoxy) is 6. The Labute approximate surface area is 183 Å². The highest BCUT2D eigenvalue weighted by Gasteiger charge is 2.43. The maximum Gasteiger partial charge on any atom is 0.154 e. The van der Waals surface area contributed by atoms with E-state index in [2.05, 4.69) is 0 Å². The van der Waals surface area contributed by atoms with Crippen molar-refractivity contribution in [3.8, 4) is 28.7 Å². The Morgan fingerprint density at radius 3 is 1.35 bits per heavy atom. The summed E-state index contributed by atoms with van der Waals surface area (Å²) in [6.45, 7) is 0. The minimum absolute atomic E-state index is 0.602. The van der Waals surface area contributed by atoms with Crippen LogP contribution in [0.5, 0.6) is 28.7 Å². The lowest BCUT2D eigenvalue weighted by atomic mass is 9.78. The van der Waals surface area contributed by atoms with Gasteiger partial charge in [0.25, 0.3) is 0 Å². The first-order valence-electron chi connectivity index (χ1n) is 9.73. The van der Waals surface area contributed by atoms with Crippen LogP contribution in [0.2, 0.25) is 0 Å². The van der Waals surface area contributed by atoms with Gasteiger partial charge in [-0.3, -0.25) is 0 Å². The van der Waals surface area contributed by atoms with E-state index in [4.69, 9.17) is 28.4 Å². The fourth-order valence-corrected chi connectivity index (χ4v) is 3.88. The van der Waals surface area contributed by atoms with Crippen LogP contribution in [0.25, 0.3) is 0 Å². The van der Waals surface area contributed by atoms with E-state index in [9.17, 15) is 0 Å². The van der Waals surface area contributed by atoms with Crippen molar-refractivity contribution in [2.24, 2.45) is 0 Å².